The number of nitrogens with zero attached hydrogens (tertiary/aromatic N) is 2. The molecule has 1 N–H and O–H groups in total. The fourth-order valence-electron chi connectivity index (χ4n) is 3.92. The predicted octanol–water partition coefficient (Wildman–Crippen LogP) is 5.43. The zero-order valence-electron chi connectivity index (χ0n) is 19.2. The molecule has 1 amide bonds. The maximum atomic E-state index is 12.8. The highest BCUT2D eigenvalue weighted by Crippen LogP contribution is 2.31. The minimum Gasteiger partial charge on any atom is -0.487 e. The number of hydrogen-bond acceptors (Lipinski definition) is 6. The lowest BCUT2D eigenvalue weighted by molar-refractivity contribution is -0.138. The van der Waals surface area contributed by atoms with Crippen LogP contribution in [0.3, 0.4) is 0 Å². The molecular weight excluding hydrogens is 481 g/mol. The predicted molar refractivity (Wildman–Crippen MR) is 120 cm³/mol. The number of alkyl halides is 3. The topological polar surface area (TPSA) is 102 Å². The quantitative estimate of drug-likeness (QED) is 0.428. The van der Waals surface area contributed by atoms with Crippen LogP contribution < -0.4 is 4.74 Å². The molecule has 2 heterocycles. The first-order valence-corrected chi connectivity index (χ1v) is 11.1. The van der Waals surface area contributed by atoms with Crippen molar-refractivity contribution in [2.45, 2.75) is 45.2 Å². The summed E-state index contributed by atoms with van der Waals surface area (Å²) < 4.78 is 54.6. The molecule has 1 aromatic heterocycles. The van der Waals surface area contributed by atoms with E-state index in [0.29, 0.717) is 47.7 Å². The van der Waals surface area contributed by atoms with Crippen molar-refractivity contribution in [3.05, 3.63) is 71.1 Å². The van der Waals surface area contributed by atoms with Gasteiger partial charge >= 0.3 is 12.3 Å². The van der Waals surface area contributed by atoms with E-state index in [-0.39, 0.29) is 24.8 Å². The molecule has 0 aliphatic carbocycles. The van der Waals surface area contributed by atoms with Gasteiger partial charge in [-0.3, -0.25) is 4.79 Å². The van der Waals surface area contributed by atoms with Crippen LogP contribution in [0.2, 0.25) is 0 Å². The van der Waals surface area contributed by atoms with Crippen molar-refractivity contribution >= 4 is 12.1 Å². The Hall–Kier alpha value is -4.02. The number of carbonyl (C=O) groups excluding carboxylic acids is 1. The second kappa shape index (κ2) is 10.3. The Kier molecular flexibility index (Phi) is 7.18. The molecule has 0 saturated carbocycles. The van der Waals surface area contributed by atoms with E-state index in [4.69, 9.17) is 19.0 Å². The standard InChI is InChI=1S/C25H23F3N2O6/c1-15-20(29-23(35-15)17-7-9-18(10-8-17)25(26,27)28)14-34-19-5-2-4-16(12-19)13-21(31)30-11-3-6-22(30)36-24(32)33/h2,4-5,7-10,12,22H,3,6,11,13-14H2,1H3,(H,32,33)/t22-/m1/s1. The summed E-state index contributed by atoms with van der Waals surface area (Å²) in [5.41, 5.74) is 0.814. The summed E-state index contributed by atoms with van der Waals surface area (Å²) in [7, 11) is 0. The van der Waals surface area contributed by atoms with Crippen LogP contribution in [0.15, 0.2) is 52.9 Å². The number of aryl methyl sites for hydroxylation is 1. The van der Waals surface area contributed by atoms with Crippen molar-refractivity contribution in [1.29, 1.82) is 0 Å². The van der Waals surface area contributed by atoms with E-state index in [9.17, 15) is 22.8 Å². The number of benzene rings is 2. The number of carbonyl (C=O) groups is 2. The Morgan fingerprint density at radius 2 is 1.94 bits per heavy atom. The molecule has 8 nitrogen and oxygen atoms in total. The van der Waals surface area contributed by atoms with Crippen LogP contribution in [-0.4, -0.2) is 39.8 Å². The molecular formula is C25H23F3N2O6. The highest BCUT2D eigenvalue weighted by molar-refractivity contribution is 5.79. The Morgan fingerprint density at radius 3 is 2.64 bits per heavy atom. The second-order valence-electron chi connectivity index (χ2n) is 8.28. The fourth-order valence-corrected chi connectivity index (χ4v) is 3.92. The Bertz CT molecular complexity index is 1240. The Morgan fingerprint density at radius 1 is 1.19 bits per heavy atom. The first-order valence-electron chi connectivity index (χ1n) is 11.1. The fraction of sp³-hybridized carbons (Fsp3) is 0.320. The van der Waals surface area contributed by atoms with E-state index in [1.807, 2.05) is 0 Å². The lowest BCUT2D eigenvalue weighted by Gasteiger charge is -2.23. The summed E-state index contributed by atoms with van der Waals surface area (Å²) in [6, 6.07) is 11.4. The second-order valence-corrected chi connectivity index (χ2v) is 8.28. The minimum atomic E-state index is -4.42. The molecule has 1 saturated heterocycles. The van der Waals surface area contributed by atoms with E-state index in [0.717, 1.165) is 12.1 Å². The lowest BCUT2D eigenvalue weighted by Crippen LogP contribution is -2.39. The summed E-state index contributed by atoms with van der Waals surface area (Å²) in [6.45, 7) is 2.16. The minimum absolute atomic E-state index is 0.0496. The molecule has 1 aliphatic heterocycles. The molecule has 1 fully saturated rings. The van der Waals surface area contributed by atoms with Gasteiger partial charge in [0.1, 0.15) is 23.8 Å². The summed E-state index contributed by atoms with van der Waals surface area (Å²) >= 11 is 0. The summed E-state index contributed by atoms with van der Waals surface area (Å²) in [4.78, 5) is 29.3. The molecule has 3 aromatic rings. The zero-order chi connectivity index (χ0) is 25.9. The van der Waals surface area contributed by atoms with Crippen molar-refractivity contribution in [2.24, 2.45) is 0 Å². The monoisotopic (exact) mass is 504 g/mol. The highest BCUT2D eigenvalue weighted by Gasteiger charge is 2.32. The SMILES string of the molecule is Cc1oc(-c2ccc(C(F)(F)F)cc2)nc1COc1cccc(CC(=O)N2CCC[C@H]2OC(=O)O)c1. The molecule has 4 rings (SSSR count). The van der Waals surface area contributed by atoms with Gasteiger partial charge in [-0.15, -0.1) is 0 Å². The molecule has 0 unspecified atom stereocenters. The van der Waals surface area contributed by atoms with Crippen LogP contribution in [-0.2, 0) is 28.7 Å². The number of oxazole rings is 1. The van der Waals surface area contributed by atoms with Crippen molar-refractivity contribution in [1.82, 2.24) is 9.88 Å². The third-order valence-electron chi connectivity index (χ3n) is 5.74. The van der Waals surface area contributed by atoms with Crippen LogP contribution >= 0.6 is 0 Å². The van der Waals surface area contributed by atoms with Gasteiger partial charge in [-0.1, -0.05) is 12.1 Å². The summed E-state index contributed by atoms with van der Waals surface area (Å²) in [6.07, 6.45) is -5.43. The molecule has 2 aromatic carbocycles. The van der Waals surface area contributed by atoms with Gasteiger partial charge in [-0.2, -0.15) is 13.2 Å². The van der Waals surface area contributed by atoms with Crippen LogP contribution in [0.5, 0.6) is 5.75 Å². The molecule has 190 valence electrons. The van der Waals surface area contributed by atoms with Crippen molar-refractivity contribution in [3.8, 4) is 17.2 Å². The third-order valence-corrected chi connectivity index (χ3v) is 5.74. The lowest BCUT2D eigenvalue weighted by atomic mass is 10.1. The summed E-state index contributed by atoms with van der Waals surface area (Å²) in [5.74, 6) is 0.889. The van der Waals surface area contributed by atoms with Gasteiger partial charge in [-0.25, -0.2) is 9.78 Å². The van der Waals surface area contributed by atoms with Crippen LogP contribution in [0.4, 0.5) is 18.0 Å². The number of carboxylic acid groups (broad SMARTS) is 1. The highest BCUT2D eigenvalue weighted by atomic mass is 19.4. The number of likely N-dealkylation sites (tertiary alicyclic amines) is 1. The number of amides is 1. The maximum Gasteiger partial charge on any atom is 0.507 e. The number of ether oxygens (including phenoxy) is 2. The van der Waals surface area contributed by atoms with Gasteiger partial charge in [0.05, 0.1) is 12.0 Å². The van der Waals surface area contributed by atoms with Crippen molar-refractivity contribution < 1.29 is 41.8 Å². The Balaban J connectivity index is 1.38. The average molecular weight is 504 g/mol. The zero-order valence-corrected chi connectivity index (χ0v) is 19.2. The van der Waals surface area contributed by atoms with Crippen molar-refractivity contribution in [3.63, 3.8) is 0 Å². The first kappa shape index (κ1) is 25.1. The molecule has 1 atom stereocenters. The van der Waals surface area contributed by atoms with Gasteiger partial charge in [-0.05, 0) is 55.3 Å². The average Bonchev–Trinajstić information content (AvgIpc) is 3.43. The smallest absolute Gasteiger partial charge is 0.487 e. The largest absolute Gasteiger partial charge is 0.507 e. The first-order chi connectivity index (χ1) is 17.1. The third kappa shape index (κ3) is 5.96. The Labute approximate surface area is 204 Å². The molecule has 0 radical (unpaired) electrons. The molecule has 1 aliphatic rings. The van der Waals surface area contributed by atoms with Gasteiger partial charge < -0.3 is 23.9 Å². The number of halogens is 3. The normalized spacial score (nSPS) is 15.7. The van der Waals surface area contributed by atoms with E-state index in [2.05, 4.69) is 4.98 Å². The molecule has 0 spiro atoms. The maximum absolute atomic E-state index is 12.8. The number of aromatic nitrogens is 1. The van der Waals surface area contributed by atoms with Gasteiger partial charge in [0.15, 0.2) is 6.23 Å². The molecule has 11 heteroatoms. The molecule has 0 bridgehead atoms. The van der Waals surface area contributed by atoms with Gasteiger partial charge in [0.2, 0.25) is 11.8 Å². The van der Waals surface area contributed by atoms with Crippen LogP contribution in [0.1, 0.15) is 35.4 Å². The van der Waals surface area contributed by atoms with Crippen molar-refractivity contribution in [2.75, 3.05) is 6.54 Å². The van der Waals surface area contributed by atoms with E-state index < -0.39 is 24.1 Å². The number of rotatable bonds is 7. The van der Waals surface area contributed by atoms with Crippen LogP contribution in [0.25, 0.3) is 11.5 Å². The summed E-state index contributed by atoms with van der Waals surface area (Å²) in [5, 5.41) is 8.85. The van der Waals surface area contributed by atoms with Crippen LogP contribution in [0, 0.1) is 6.92 Å². The van der Waals surface area contributed by atoms with Gasteiger partial charge in [0.25, 0.3) is 0 Å². The van der Waals surface area contributed by atoms with E-state index >= 15 is 0 Å². The van der Waals surface area contributed by atoms with Gasteiger partial charge in [0, 0.05) is 18.5 Å². The van der Waals surface area contributed by atoms with E-state index in [1.165, 1.54) is 17.0 Å². The molecule has 36 heavy (non-hydrogen) atoms. The van der Waals surface area contributed by atoms with E-state index in [1.54, 1.807) is 31.2 Å². The number of hydrogen-bond donors (Lipinski definition) is 1.